The Balaban J connectivity index is 2.14. The lowest BCUT2D eigenvalue weighted by Gasteiger charge is -2.28. The molecule has 0 aliphatic heterocycles. The highest BCUT2D eigenvalue weighted by molar-refractivity contribution is 7.80. The molecule has 0 saturated carbocycles. The molecule has 0 fully saturated rings. The van der Waals surface area contributed by atoms with E-state index in [1.165, 1.54) is 0 Å². The Bertz CT molecular complexity index is 998. The topological polar surface area (TPSA) is 90.6 Å². The van der Waals surface area contributed by atoms with E-state index in [0.717, 1.165) is 5.56 Å². The summed E-state index contributed by atoms with van der Waals surface area (Å²) in [6.07, 6.45) is 0.213. The van der Waals surface area contributed by atoms with Gasteiger partial charge in [0.25, 0.3) is 0 Å². The second kappa shape index (κ2) is 9.61. The third-order valence-corrected chi connectivity index (χ3v) is 8.47. The minimum Gasteiger partial charge on any atom is -0.493 e. The summed E-state index contributed by atoms with van der Waals surface area (Å²) in [6.45, 7) is 0. The first-order valence-electron chi connectivity index (χ1n) is 9.47. The average molecular weight is 424 g/mol. The number of nitrogens with one attached hydrogen (secondary N) is 1. The molecular weight excluding hydrogens is 399 g/mol. The fraction of sp³-hybridized carbons (Fsp3) is 0.174. The number of carbonyl (C=O) groups excluding carboxylic acids is 1. The van der Waals surface area contributed by atoms with Crippen LogP contribution >= 0.6 is 7.14 Å². The van der Waals surface area contributed by atoms with Crippen LogP contribution in [0.2, 0.25) is 0 Å². The first-order chi connectivity index (χ1) is 14.5. The monoisotopic (exact) mass is 424 g/mol. The van der Waals surface area contributed by atoms with Crippen LogP contribution in [-0.2, 0) is 15.8 Å². The first-order valence-corrected chi connectivity index (χ1v) is 11.2. The van der Waals surface area contributed by atoms with Crippen molar-refractivity contribution in [2.24, 2.45) is 5.84 Å². The molecule has 0 saturated heterocycles. The van der Waals surface area contributed by atoms with Gasteiger partial charge in [0, 0.05) is 10.6 Å². The van der Waals surface area contributed by atoms with Gasteiger partial charge in [0.15, 0.2) is 18.6 Å². The molecule has 6 nitrogen and oxygen atoms in total. The van der Waals surface area contributed by atoms with Crippen molar-refractivity contribution in [1.82, 2.24) is 5.43 Å². The van der Waals surface area contributed by atoms with Crippen molar-refractivity contribution in [1.29, 1.82) is 0 Å². The van der Waals surface area contributed by atoms with Gasteiger partial charge >= 0.3 is 0 Å². The second-order valence-corrected chi connectivity index (χ2v) is 9.72. The van der Waals surface area contributed by atoms with Crippen molar-refractivity contribution in [3.8, 4) is 11.5 Å². The number of carbonyl (C=O) groups is 1. The fourth-order valence-electron chi connectivity index (χ4n) is 3.52. The molecule has 0 radical (unpaired) electrons. The lowest BCUT2D eigenvalue weighted by Crippen LogP contribution is -2.43. The molecular formula is C23H25N2O4P. The zero-order chi connectivity index (χ0) is 21.6. The Labute approximate surface area is 176 Å². The third-order valence-electron chi connectivity index (χ3n) is 5.04. The van der Waals surface area contributed by atoms with E-state index in [2.05, 4.69) is 5.43 Å². The molecule has 0 heterocycles. The summed E-state index contributed by atoms with van der Waals surface area (Å²) >= 11 is 0. The first kappa shape index (κ1) is 21.6. The highest BCUT2D eigenvalue weighted by atomic mass is 31.2. The number of hydrogen-bond donors (Lipinski definition) is 2. The minimum absolute atomic E-state index is 0.213. The molecule has 0 bridgehead atoms. The van der Waals surface area contributed by atoms with E-state index in [0.29, 0.717) is 22.1 Å². The van der Waals surface area contributed by atoms with Crippen molar-refractivity contribution in [2.75, 3.05) is 14.2 Å². The standard InChI is InChI=1S/C23H25N2O4P/c1-28-20-14-13-17(15-21(20)29-2)16-22(23(26)25-24)30(27,18-9-5-3-6-10-18)19-11-7-4-8-12-19/h3-15,22H,16,24H2,1-2H3,(H,25,26). The maximum atomic E-state index is 14.6. The summed E-state index contributed by atoms with van der Waals surface area (Å²) in [7, 11) is -0.276. The Morgan fingerprint density at radius 1 is 0.900 bits per heavy atom. The summed E-state index contributed by atoms with van der Waals surface area (Å²) in [5.74, 6) is 6.15. The maximum Gasteiger partial charge on any atom is 0.245 e. The van der Waals surface area contributed by atoms with Crippen LogP contribution in [0.3, 0.4) is 0 Å². The lowest BCUT2D eigenvalue weighted by atomic mass is 10.1. The zero-order valence-corrected chi connectivity index (χ0v) is 17.8. The Morgan fingerprint density at radius 3 is 1.90 bits per heavy atom. The molecule has 3 N–H and O–H groups in total. The smallest absolute Gasteiger partial charge is 0.245 e. The number of ether oxygens (including phenoxy) is 2. The molecule has 3 rings (SSSR count). The van der Waals surface area contributed by atoms with E-state index in [-0.39, 0.29) is 6.42 Å². The van der Waals surface area contributed by atoms with Gasteiger partial charge in [-0.3, -0.25) is 10.2 Å². The van der Waals surface area contributed by atoms with Gasteiger partial charge < -0.3 is 14.0 Å². The fourth-order valence-corrected chi connectivity index (χ4v) is 6.64. The SMILES string of the molecule is COc1ccc(CC(C(=O)NN)P(=O)(c2ccccc2)c2ccccc2)cc1OC. The summed E-state index contributed by atoms with van der Waals surface area (Å²) in [6, 6.07) is 23.5. The number of amides is 1. The van der Waals surface area contributed by atoms with E-state index in [9.17, 15) is 9.36 Å². The van der Waals surface area contributed by atoms with Gasteiger partial charge in [-0.05, 0) is 24.1 Å². The van der Waals surface area contributed by atoms with Gasteiger partial charge in [-0.25, -0.2) is 5.84 Å². The van der Waals surface area contributed by atoms with Crippen LogP contribution < -0.4 is 31.4 Å². The zero-order valence-electron chi connectivity index (χ0n) is 16.9. The molecule has 3 aromatic rings. The van der Waals surface area contributed by atoms with Gasteiger partial charge in [-0.1, -0.05) is 66.7 Å². The van der Waals surface area contributed by atoms with Gasteiger partial charge in [0.2, 0.25) is 5.91 Å². The molecule has 1 unspecified atom stereocenters. The summed E-state index contributed by atoms with van der Waals surface area (Å²) in [4.78, 5) is 12.9. The highest BCUT2D eigenvalue weighted by Gasteiger charge is 2.41. The van der Waals surface area contributed by atoms with Gasteiger partial charge in [-0.15, -0.1) is 0 Å². The quantitative estimate of drug-likeness (QED) is 0.251. The van der Waals surface area contributed by atoms with Crippen LogP contribution in [0.15, 0.2) is 78.9 Å². The van der Waals surface area contributed by atoms with E-state index < -0.39 is 18.7 Å². The molecule has 0 aliphatic rings. The van der Waals surface area contributed by atoms with Gasteiger partial charge in [0.1, 0.15) is 5.66 Å². The van der Waals surface area contributed by atoms with Gasteiger partial charge in [-0.2, -0.15) is 0 Å². The molecule has 0 aromatic heterocycles. The van der Waals surface area contributed by atoms with Crippen LogP contribution in [-0.4, -0.2) is 25.8 Å². The molecule has 1 amide bonds. The molecule has 7 heteroatoms. The number of hydrazine groups is 1. The maximum absolute atomic E-state index is 14.6. The highest BCUT2D eigenvalue weighted by Crippen LogP contribution is 2.50. The average Bonchev–Trinajstić information content (AvgIpc) is 2.82. The van der Waals surface area contributed by atoms with E-state index in [1.54, 1.807) is 50.6 Å². The van der Waals surface area contributed by atoms with Crippen LogP contribution in [0, 0.1) is 0 Å². The molecule has 30 heavy (non-hydrogen) atoms. The van der Waals surface area contributed by atoms with Crippen LogP contribution in [0.5, 0.6) is 11.5 Å². The van der Waals surface area contributed by atoms with Crippen molar-refractivity contribution in [3.05, 3.63) is 84.4 Å². The molecule has 3 aromatic carbocycles. The summed E-state index contributed by atoms with van der Waals surface area (Å²) in [5, 5.41) is 1.20. The number of benzene rings is 3. The third kappa shape index (κ3) is 4.25. The van der Waals surface area contributed by atoms with Gasteiger partial charge in [0.05, 0.1) is 14.2 Å². The molecule has 0 spiro atoms. The normalized spacial score (nSPS) is 12.1. The Kier molecular flexibility index (Phi) is 6.93. The number of methoxy groups -OCH3 is 2. The van der Waals surface area contributed by atoms with E-state index in [1.807, 2.05) is 42.5 Å². The number of rotatable bonds is 8. The Hall–Kier alpha value is -3.08. The predicted molar refractivity (Wildman–Crippen MR) is 119 cm³/mol. The minimum atomic E-state index is -3.38. The van der Waals surface area contributed by atoms with Crippen molar-refractivity contribution in [2.45, 2.75) is 12.1 Å². The van der Waals surface area contributed by atoms with E-state index >= 15 is 0 Å². The summed E-state index contributed by atoms with van der Waals surface area (Å²) in [5.41, 5.74) is 2.10. The number of nitrogens with two attached hydrogens (primary N) is 1. The largest absolute Gasteiger partial charge is 0.493 e. The number of hydrogen-bond acceptors (Lipinski definition) is 5. The van der Waals surface area contributed by atoms with Crippen LogP contribution in [0.1, 0.15) is 5.56 Å². The van der Waals surface area contributed by atoms with E-state index in [4.69, 9.17) is 15.3 Å². The van der Waals surface area contributed by atoms with Crippen LogP contribution in [0.4, 0.5) is 0 Å². The summed E-state index contributed by atoms with van der Waals surface area (Å²) < 4.78 is 25.3. The predicted octanol–water partition coefficient (Wildman–Crippen LogP) is 2.62. The lowest BCUT2D eigenvalue weighted by molar-refractivity contribution is -0.120. The van der Waals surface area contributed by atoms with Crippen molar-refractivity contribution < 1.29 is 18.8 Å². The van der Waals surface area contributed by atoms with Crippen molar-refractivity contribution >= 4 is 23.7 Å². The molecule has 156 valence electrons. The second-order valence-electron chi connectivity index (χ2n) is 6.75. The Morgan fingerprint density at radius 2 is 1.43 bits per heavy atom. The van der Waals surface area contributed by atoms with Crippen LogP contribution in [0.25, 0.3) is 0 Å². The van der Waals surface area contributed by atoms with Crippen molar-refractivity contribution in [3.63, 3.8) is 0 Å². The molecule has 0 aliphatic carbocycles. The molecule has 1 atom stereocenters.